The summed E-state index contributed by atoms with van der Waals surface area (Å²) in [6.07, 6.45) is 0. The number of anilines is 1. The second-order valence-corrected chi connectivity index (χ2v) is 3.36. The minimum Gasteiger partial charge on any atom is -0.508 e. The van der Waals surface area contributed by atoms with E-state index < -0.39 is 12.6 Å². The smallest absolute Gasteiger partial charge is 0.329 e. The second kappa shape index (κ2) is 5.86. The van der Waals surface area contributed by atoms with E-state index in [1.165, 1.54) is 17.0 Å². The van der Waals surface area contributed by atoms with Gasteiger partial charge in [-0.05, 0) is 24.3 Å². The lowest BCUT2D eigenvalue weighted by molar-refractivity contribution is -0.143. The van der Waals surface area contributed by atoms with Gasteiger partial charge in [-0.2, -0.15) is 0 Å². The molecule has 1 rings (SSSR count). The number of carbonyl (C=O) groups excluding carboxylic acids is 1. The molecule has 0 saturated carbocycles. The van der Waals surface area contributed by atoms with Crippen molar-refractivity contribution in [3.63, 3.8) is 0 Å². The van der Waals surface area contributed by atoms with Gasteiger partial charge in [0.05, 0.1) is 0 Å². The van der Waals surface area contributed by atoms with Gasteiger partial charge in [-0.3, -0.25) is 4.79 Å². The summed E-state index contributed by atoms with van der Waals surface area (Å²) in [5.41, 5.74) is 0.590. The first-order chi connectivity index (χ1) is 8.00. The lowest BCUT2D eigenvalue weighted by atomic mass is 10.3. The topological polar surface area (TPSA) is 87.1 Å². The zero-order valence-corrected chi connectivity index (χ0v) is 9.29. The van der Waals surface area contributed by atoms with Crippen molar-refractivity contribution in [2.24, 2.45) is 0 Å². The average molecular weight is 239 g/mol. The van der Waals surface area contributed by atoms with E-state index in [9.17, 15) is 9.59 Å². The SMILES string of the molecule is CN(C(=O)COCC(=O)O)c1ccc(O)cc1. The van der Waals surface area contributed by atoms with E-state index in [1.807, 2.05) is 0 Å². The number of aromatic hydroxyl groups is 1. The number of rotatable bonds is 5. The molecule has 0 atom stereocenters. The number of likely N-dealkylation sites (N-methyl/N-ethyl adjacent to an activating group) is 1. The summed E-state index contributed by atoms with van der Waals surface area (Å²) in [6.45, 7) is -0.807. The van der Waals surface area contributed by atoms with Gasteiger partial charge in [0, 0.05) is 12.7 Å². The molecule has 1 aromatic rings. The Bertz CT molecular complexity index is 401. The molecule has 0 fully saturated rings. The quantitative estimate of drug-likeness (QED) is 0.779. The maximum Gasteiger partial charge on any atom is 0.329 e. The number of carboxylic acids is 1. The lowest BCUT2D eigenvalue weighted by Crippen LogP contribution is -2.30. The number of phenolic OH excluding ortho intramolecular Hbond substituents is 1. The maximum absolute atomic E-state index is 11.6. The van der Waals surface area contributed by atoms with Crippen LogP contribution in [0, 0.1) is 0 Å². The first-order valence-electron chi connectivity index (χ1n) is 4.86. The molecule has 0 saturated heterocycles. The predicted octanol–water partition coefficient (Wildman–Crippen LogP) is 0.456. The van der Waals surface area contributed by atoms with Gasteiger partial charge in [0.2, 0.25) is 0 Å². The fourth-order valence-electron chi connectivity index (χ4n) is 1.14. The number of phenols is 1. The second-order valence-electron chi connectivity index (χ2n) is 3.36. The standard InChI is InChI=1S/C11H13NO5/c1-12(8-2-4-9(13)5-3-8)10(14)6-17-7-11(15)16/h2-5,13H,6-7H2,1H3,(H,15,16). The van der Waals surface area contributed by atoms with Gasteiger partial charge in [0.15, 0.2) is 0 Å². The Labute approximate surface area is 98.0 Å². The summed E-state index contributed by atoms with van der Waals surface area (Å²) >= 11 is 0. The van der Waals surface area contributed by atoms with E-state index >= 15 is 0 Å². The molecule has 92 valence electrons. The minimum atomic E-state index is -1.12. The van der Waals surface area contributed by atoms with Crippen LogP contribution in [0.4, 0.5) is 5.69 Å². The number of carbonyl (C=O) groups is 2. The molecule has 1 amide bonds. The van der Waals surface area contributed by atoms with Crippen molar-refractivity contribution in [3.05, 3.63) is 24.3 Å². The highest BCUT2D eigenvalue weighted by molar-refractivity contribution is 5.93. The number of aliphatic carboxylic acids is 1. The first kappa shape index (κ1) is 13.0. The van der Waals surface area contributed by atoms with E-state index in [0.717, 1.165) is 0 Å². The van der Waals surface area contributed by atoms with Crippen LogP contribution in [0.15, 0.2) is 24.3 Å². The maximum atomic E-state index is 11.6. The van der Waals surface area contributed by atoms with Crippen molar-refractivity contribution in [2.75, 3.05) is 25.2 Å². The molecule has 0 aliphatic carbocycles. The lowest BCUT2D eigenvalue weighted by Gasteiger charge is -2.16. The number of benzene rings is 1. The van der Waals surface area contributed by atoms with E-state index in [1.54, 1.807) is 19.2 Å². The van der Waals surface area contributed by atoms with Crippen molar-refractivity contribution in [1.29, 1.82) is 0 Å². The van der Waals surface area contributed by atoms with Crippen LogP contribution in [-0.2, 0) is 14.3 Å². The van der Waals surface area contributed by atoms with Crippen molar-refractivity contribution < 1.29 is 24.5 Å². The molecule has 6 nitrogen and oxygen atoms in total. The fraction of sp³-hybridized carbons (Fsp3) is 0.273. The van der Waals surface area contributed by atoms with Crippen LogP contribution >= 0.6 is 0 Å². The zero-order chi connectivity index (χ0) is 12.8. The molecular weight excluding hydrogens is 226 g/mol. The molecule has 2 N–H and O–H groups in total. The van der Waals surface area contributed by atoms with E-state index in [4.69, 9.17) is 10.2 Å². The minimum absolute atomic E-state index is 0.108. The monoisotopic (exact) mass is 239 g/mol. The van der Waals surface area contributed by atoms with Gasteiger partial charge in [0.25, 0.3) is 5.91 Å². The first-order valence-corrected chi connectivity index (χ1v) is 4.86. The number of nitrogens with zero attached hydrogens (tertiary/aromatic N) is 1. The summed E-state index contributed by atoms with van der Waals surface area (Å²) in [5, 5.41) is 17.4. The fourth-order valence-corrected chi connectivity index (χ4v) is 1.14. The Morgan fingerprint density at radius 3 is 2.35 bits per heavy atom. The molecule has 0 bridgehead atoms. The summed E-state index contributed by atoms with van der Waals surface area (Å²) in [7, 11) is 1.54. The van der Waals surface area contributed by atoms with Gasteiger partial charge < -0.3 is 19.8 Å². The van der Waals surface area contributed by atoms with E-state index in [0.29, 0.717) is 5.69 Å². The molecule has 0 aliphatic heterocycles. The Hall–Kier alpha value is -2.08. The van der Waals surface area contributed by atoms with Gasteiger partial charge >= 0.3 is 5.97 Å². The van der Waals surface area contributed by atoms with Crippen LogP contribution in [0.25, 0.3) is 0 Å². The van der Waals surface area contributed by atoms with Gasteiger partial charge in [-0.1, -0.05) is 0 Å². The Kier molecular flexibility index (Phi) is 4.47. The molecule has 0 spiro atoms. The largest absolute Gasteiger partial charge is 0.508 e. The van der Waals surface area contributed by atoms with Gasteiger partial charge in [-0.15, -0.1) is 0 Å². The van der Waals surface area contributed by atoms with Gasteiger partial charge in [0.1, 0.15) is 19.0 Å². The van der Waals surface area contributed by atoms with Crippen LogP contribution in [0.1, 0.15) is 0 Å². The molecule has 17 heavy (non-hydrogen) atoms. The average Bonchev–Trinajstić information content (AvgIpc) is 2.28. The summed E-state index contributed by atoms with van der Waals surface area (Å²) in [5.74, 6) is -1.38. The van der Waals surface area contributed by atoms with Crippen molar-refractivity contribution in [1.82, 2.24) is 0 Å². The van der Waals surface area contributed by atoms with Crippen molar-refractivity contribution in [3.8, 4) is 5.75 Å². The third kappa shape index (κ3) is 4.12. The van der Waals surface area contributed by atoms with Crippen LogP contribution in [0.2, 0.25) is 0 Å². The van der Waals surface area contributed by atoms with E-state index in [2.05, 4.69) is 4.74 Å². The normalized spacial score (nSPS) is 9.94. The highest BCUT2D eigenvalue weighted by Gasteiger charge is 2.11. The molecule has 0 heterocycles. The summed E-state index contributed by atoms with van der Waals surface area (Å²) < 4.78 is 4.68. The Balaban J connectivity index is 2.51. The molecule has 0 aliphatic rings. The highest BCUT2D eigenvalue weighted by atomic mass is 16.5. The number of carboxylic acid groups (broad SMARTS) is 1. The van der Waals surface area contributed by atoms with Crippen molar-refractivity contribution in [2.45, 2.75) is 0 Å². The van der Waals surface area contributed by atoms with Crippen LogP contribution < -0.4 is 4.90 Å². The molecular formula is C11H13NO5. The van der Waals surface area contributed by atoms with Crippen LogP contribution in [-0.4, -0.2) is 42.4 Å². The number of hydrogen-bond acceptors (Lipinski definition) is 4. The Morgan fingerprint density at radius 2 is 1.82 bits per heavy atom. The van der Waals surface area contributed by atoms with Gasteiger partial charge in [-0.25, -0.2) is 4.79 Å². The third-order valence-electron chi connectivity index (χ3n) is 2.06. The highest BCUT2D eigenvalue weighted by Crippen LogP contribution is 2.17. The molecule has 0 aromatic heterocycles. The van der Waals surface area contributed by atoms with Crippen LogP contribution in [0.3, 0.4) is 0 Å². The van der Waals surface area contributed by atoms with E-state index in [-0.39, 0.29) is 18.3 Å². The summed E-state index contributed by atoms with van der Waals surface area (Å²) in [6, 6.07) is 6.06. The molecule has 6 heteroatoms. The third-order valence-corrected chi connectivity index (χ3v) is 2.06. The van der Waals surface area contributed by atoms with Crippen LogP contribution in [0.5, 0.6) is 5.75 Å². The molecule has 0 radical (unpaired) electrons. The molecule has 1 aromatic carbocycles. The Morgan fingerprint density at radius 1 is 1.24 bits per heavy atom. The predicted molar refractivity (Wildman–Crippen MR) is 60.0 cm³/mol. The number of amides is 1. The number of ether oxygens (including phenoxy) is 1. The summed E-state index contributed by atoms with van der Waals surface area (Å²) in [4.78, 5) is 23.1. The number of hydrogen-bond donors (Lipinski definition) is 2. The van der Waals surface area contributed by atoms with Crippen molar-refractivity contribution >= 4 is 17.6 Å². The zero-order valence-electron chi connectivity index (χ0n) is 9.29. The molecule has 0 unspecified atom stereocenters.